The topological polar surface area (TPSA) is 79.3 Å². The molecule has 0 saturated carbocycles. The van der Waals surface area contributed by atoms with E-state index in [4.69, 9.17) is 0 Å². The smallest absolute Gasteiger partial charge is 0.434 e. The first-order valence-corrected chi connectivity index (χ1v) is 6.24. The minimum Gasteiger partial charge on any atom is -0.545 e. The van der Waals surface area contributed by atoms with Gasteiger partial charge in [0.2, 0.25) is 0 Å². The van der Waals surface area contributed by atoms with E-state index in [0.717, 1.165) is 0 Å². The number of pyridine rings is 1. The average Bonchev–Trinajstić information content (AvgIpc) is 2.34. The molecule has 1 aromatic rings. The van der Waals surface area contributed by atoms with Crippen LogP contribution in [-0.2, 0) is 17.3 Å². The monoisotopic (exact) mass is 340 g/mol. The van der Waals surface area contributed by atoms with Gasteiger partial charge in [-0.2, -0.15) is 22.0 Å². The van der Waals surface area contributed by atoms with E-state index >= 15 is 0 Å². The fourth-order valence-corrected chi connectivity index (χ4v) is 1.92. The number of carbonyl (C=O) groups is 2. The maximum Gasteiger partial charge on any atom is 0.434 e. The molecule has 0 N–H and O–H groups in total. The highest BCUT2D eigenvalue weighted by molar-refractivity contribution is 5.97. The number of carbonyl (C=O) groups excluding carboxylic acids is 2. The lowest BCUT2D eigenvalue weighted by Gasteiger charge is -2.20. The summed E-state index contributed by atoms with van der Waals surface area (Å²) in [5, 5.41) is 11.0. The lowest BCUT2D eigenvalue weighted by atomic mass is 9.93. The zero-order valence-corrected chi connectivity index (χ0v) is 11.9. The molecule has 0 unspecified atom stereocenters. The Morgan fingerprint density at radius 1 is 1.30 bits per heavy atom. The summed E-state index contributed by atoms with van der Waals surface area (Å²) in [6.07, 6.45) is -5.08. The normalized spacial score (nSPS) is 11.9. The van der Waals surface area contributed by atoms with Gasteiger partial charge in [0.1, 0.15) is 0 Å². The van der Waals surface area contributed by atoms with E-state index in [9.17, 15) is 36.6 Å². The van der Waals surface area contributed by atoms with Gasteiger partial charge >= 0.3 is 18.8 Å². The van der Waals surface area contributed by atoms with Gasteiger partial charge in [-0.15, -0.1) is 0 Å². The summed E-state index contributed by atoms with van der Waals surface area (Å²) in [4.78, 5) is 25.5. The summed E-state index contributed by atoms with van der Waals surface area (Å²) in [5.74, 6) is -4.26. The number of esters is 1. The van der Waals surface area contributed by atoms with Crippen LogP contribution in [-0.4, -0.2) is 23.5 Å². The molecule has 5 nitrogen and oxygen atoms in total. The second kappa shape index (κ2) is 6.88. The van der Waals surface area contributed by atoms with Crippen molar-refractivity contribution in [1.82, 2.24) is 4.98 Å². The Morgan fingerprint density at radius 3 is 2.26 bits per heavy atom. The van der Waals surface area contributed by atoms with Gasteiger partial charge in [0, 0.05) is 11.8 Å². The van der Waals surface area contributed by atoms with Gasteiger partial charge in [-0.05, 0) is 17.9 Å². The Kier molecular flexibility index (Phi) is 5.62. The zero-order chi connectivity index (χ0) is 17.9. The molecule has 128 valence electrons. The molecule has 10 heteroatoms. The van der Waals surface area contributed by atoms with Crippen molar-refractivity contribution < 1.29 is 41.4 Å². The lowest BCUT2D eigenvalue weighted by Crippen LogP contribution is -2.29. The molecule has 1 aromatic heterocycles. The summed E-state index contributed by atoms with van der Waals surface area (Å²) >= 11 is 0. The second-order valence-corrected chi connectivity index (χ2v) is 4.92. The SMILES string of the molecule is CC(C)Cc1c(C(=O)[O-])cnc(C(F)(F)F)c1C(=O)OC(F)F. The van der Waals surface area contributed by atoms with Crippen LogP contribution in [0.3, 0.4) is 0 Å². The van der Waals surface area contributed by atoms with Crippen LogP contribution >= 0.6 is 0 Å². The van der Waals surface area contributed by atoms with Crippen molar-refractivity contribution >= 4 is 11.9 Å². The third-order valence-electron chi connectivity index (χ3n) is 2.69. The maximum absolute atomic E-state index is 13.0. The number of carboxylic acids is 1. The van der Waals surface area contributed by atoms with Crippen LogP contribution < -0.4 is 5.11 Å². The van der Waals surface area contributed by atoms with Gasteiger partial charge in [0.05, 0.1) is 11.5 Å². The van der Waals surface area contributed by atoms with Gasteiger partial charge in [-0.25, -0.2) is 4.79 Å². The summed E-state index contributed by atoms with van der Waals surface area (Å²) in [6.45, 7) is -0.591. The molecule has 0 spiro atoms. The van der Waals surface area contributed by atoms with Crippen LogP contribution in [0.2, 0.25) is 0 Å². The van der Waals surface area contributed by atoms with E-state index in [1.165, 1.54) is 13.8 Å². The average molecular weight is 340 g/mol. The molecular formula is C13H11F5NO4-. The maximum atomic E-state index is 13.0. The summed E-state index contributed by atoms with van der Waals surface area (Å²) in [6, 6.07) is 0. The van der Waals surface area contributed by atoms with Crippen molar-refractivity contribution in [1.29, 1.82) is 0 Å². The third-order valence-corrected chi connectivity index (χ3v) is 2.69. The van der Waals surface area contributed by atoms with Crippen molar-refractivity contribution in [2.75, 3.05) is 0 Å². The van der Waals surface area contributed by atoms with E-state index in [2.05, 4.69) is 9.72 Å². The number of nitrogens with zero attached hydrogens (tertiary/aromatic N) is 1. The number of halogens is 5. The number of carboxylic acid groups (broad SMARTS) is 1. The molecule has 23 heavy (non-hydrogen) atoms. The van der Waals surface area contributed by atoms with Crippen LogP contribution in [0.25, 0.3) is 0 Å². The van der Waals surface area contributed by atoms with E-state index in [1.54, 1.807) is 0 Å². The number of alkyl halides is 5. The quantitative estimate of drug-likeness (QED) is 0.605. The summed E-state index contributed by atoms with van der Waals surface area (Å²) < 4.78 is 66.8. The molecule has 1 heterocycles. The Morgan fingerprint density at radius 2 is 1.87 bits per heavy atom. The highest BCUT2D eigenvalue weighted by Crippen LogP contribution is 2.34. The molecule has 0 aromatic carbocycles. The number of aromatic nitrogens is 1. The number of rotatable bonds is 5. The molecule has 0 amide bonds. The van der Waals surface area contributed by atoms with Crippen molar-refractivity contribution in [3.63, 3.8) is 0 Å². The highest BCUT2D eigenvalue weighted by atomic mass is 19.4. The molecule has 0 aliphatic carbocycles. The van der Waals surface area contributed by atoms with Crippen LogP contribution in [0, 0.1) is 5.92 Å². The first kappa shape index (κ1) is 18.8. The van der Waals surface area contributed by atoms with Crippen LogP contribution in [0.1, 0.15) is 45.8 Å². The van der Waals surface area contributed by atoms with Gasteiger partial charge in [-0.1, -0.05) is 13.8 Å². The minimum absolute atomic E-state index is 0.303. The van der Waals surface area contributed by atoms with Gasteiger partial charge in [0.15, 0.2) is 5.69 Å². The fourth-order valence-electron chi connectivity index (χ4n) is 1.92. The molecule has 1 rings (SSSR count). The van der Waals surface area contributed by atoms with Crippen molar-refractivity contribution in [3.05, 3.63) is 28.6 Å². The summed E-state index contributed by atoms with van der Waals surface area (Å²) in [5.41, 5.74) is -4.52. The zero-order valence-electron chi connectivity index (χ0n) is 11.9. The predicted molar refractivity (Wildman–Crippen MR) is 63.5 cm³/mol. The largest absolute Gasteiger partial charge is 0.545 e. The van der Waals surface area contributed by atoms with Gasteiger partial charge in [0.25, 0.3) is 0 Å². The van der Waals surface area contributed by atoms with Gasteiger partial charge in [-0.3, -0.25) is 4.98 Å². The number of ether oxygens (including phenoxy) is 1. The molecule has 0 radical (unpaired) electrons. The predicted octanol–water partition coefficient (Wildman–Crippen LogP) is 2.04. The Bertz CT molecular complexity index is 613. The fraction of sp³-hybridized carbons (Fsp3) is 0.462. The second-order valence-electron chi connectivity index (χ2n) is 4.92. The number of aromatic carboxylic acids is 1. The Balaban J connectivity index is 3.69. The van der Waals surface area contributed by atoms with E-state index in [-0.39, 0.29) is 12.3 Å². The Hall–Kier alpha value is -2.26. The van der Waals surface area contributed by atoms with Crippen molar-refractivity contribution in [3.8, 4) is 0 Å². The van der Waals surface area contributed by atoms with E-state index < -0.39 is 47.1 Å². The molecule has 0 fully saturated rings. The first-order chi connectivity index (χ1) is 10.4. The minimum atomic E-state index is -5.16. The van der Waals surface area contributed by atoms with Crippen molar-refractivity contribution in [2.24, 2.45) is 5.92 Å². The van der Waals surface area contributed by atoms with E-state index in [1.807, 2.05) is 0 Å². The lowest BCUT2D eigenvalue weighted by molar-refractivity contribution is -0.255. The Labute approximate surface area is 127 Å². The molecule has 0 aliphatic rings. The van der Waals surface area contributed by atoms with Crippen molar-refractivity contribution in [2.45, 2.75) is 33.1 Å². The standard InChI is InChI=1S/C13H12F5NO4/c1-5(2)3-6-7(10(20)21)4-19-9(13(16,17)18)8(6)11(22)23-12(14)15/h4-5,12H,3H2,1-2H3,(H,20,21)/p-1. The molecular weight excluding hydrogens is 329 g/mol. The molecule has 0 bridgehead atoms. The first-order valence-electron chi connectivity index (χ1n) is 6.24. The molecule has 0 aliphatic heterocycles. The van der Waals surface area contributed by atoms with Crippen LogP contribution in [0.4, 0.5) is 22.0 Å². The highest BCUT2D eigenvalue weighted by Gasteiger charge is 2.40. The number of hydrogen-bond acceptors (Lipinski definition) is 5. The number of hydrogen-bond donors (Lipinski definition) is 0. The van der Waals surface area contributed by atoms with Crippen LogP contribution in [0.5, 0.6) is 0 Å². The van der Waals surface area contributed by atoms with E-state index in [0.29, 0.717) is 6.20 Å². The molecule has 0 atom stereocenters. The third kappa shape index (κ3) is 4.60. The van der Waals surface area contributed by atoms with Crippen LogP contribution in [0.15, 0.2) is 6.20 Å². The van der Waals surface area contributed by atoms with Gasteiger partial charge < -0.3 is 14.6 Å². The summed E-state index contributed by atoms with van der Waals surface area (Å²) in [7, 11) is 0. The molecule has 0 saturated heterocycles.